The van der Waals surface area contributed by atoms with Gasteiger partial charge in [0.1, 0.15) is 0 Å². The van der Waals surface area contributed by atoms with Gasteiger partial charge in [-0.2, -0.15) is 0 Å². The fraction of sp³-hybridized carbons (Fsp3) is 0.520. The van der Waals surface area contributed by atoms with E-state index in [1.807, 2.05) is 36.5 Å². The highest BCUT2D eigenvalue weighted by atomic mass is 35.5. The number of hydrogen-bond acceptors (Lipinski definition) is 3. The lowest BCUT2D eigenvalue weighted by molar-refractivity contribution is -0.123. The Kier molecular flexibility index (Phi) is 7.90. The molecule has 30 heavy (non-hydrogen) atoms. The Hall–Kier alpha value is -1.91. The molecular formula is C25H34ClN3O. The van der Waals surface area contributed by atoms with Crippen molar-refractivity contribution in [1.82, 2.24) is 15.2 Å². The van der Waals surface area contributed by atoms with Crippen LogP contribution in [0.15, 0.2) is 48.7 Å². The summed E-state index contributed by atoms with van der Waals surface area (Å²) >= 11 is 6.20. The summed E-state index contributed by atoms with van der Waals surface area (Å²) in [5.74, 6) is 0.0929. The second-order valence-electron chi connectivity index (χ2n) is 9.60. The third kappa shape index (κ3) is 7.10. The Balaban J connectivity index is 1.74. The number of likely N-dealkylation sites (tertiary alicyclic amines) is 1. The molecule has 5 heteroatoms. The van der Waals surface area contributed by atoms with Crippen molar-refractivity contribution in [2.45, 2.75) is 71.5 Å². The summed E-state index contributed by atoms with van der Waals surface area (Å²) in [6.45, 7) is 8.24. The van der Waals surface area contributed by atoms with Crippen molar-refractivity contribution in [1.29, 1.82) is 0 Å². The van der Waals surface area contributed by atoms with Crippen LogP contribution in [0.25, 0.3) is 0 Å². The minimum Gasteiger partial charge on any atom is -0.348 e. The summed E-state index contributed by atoms with van der Waals surface area (Å²) in [4.78, 5) is 19.8. The summed E-state index contributed by atoms with van der Waals surface area (Å²) in [6, 6.07) is 14.4. The van der Waals surface area contributed by atoms with Crippen LogP contribution in [0.5, 0.6) is 0 Å². The molecule has 4 nitrogen and oxygen atoms in total. The largest absolute Gasteiger partial charge is 0.348 e. The molecule has 0 aliphatic carbocycles. The van der Waals surface area contributed by atoms with E-state index in [0.717, 1.165) is 36.6 Å². The number of amides is 1. The number of nitrogens with one attached hydrogen (secondary N) is 1. The van der Waals surface area contributed by atoms with Crippen molar-refractivity contribution in [2.24, 2.45) is 5.41 Å². The van der Waals surface area contributed by atoms with Crippen molar-refractivity contribution < 1.29 is 4.79 Å². The molecule has 1 aliphatic rings. The van der Waals surface area contributed by atoms with Gasteiger partial charge in [-0.15, -0.1) is 0 Å². The molecule has 2 aromatic rings. The van der Waals surface area contributed by atoms with Crippen molar-refractivity contribution in [3.8, 4) is 0 Å². The van der Waals surface area contributed by atoms with Gasteiger partial charge in [-0.3, -0.25) is 14.7 Å². The lowest BCUT2D eigenvalue weighted by Gasteiger charge is -2.38. The zero-order chi connectivity index (χ0) is 21.6. The number of piperidine rings is 1. The van der Waals surface area contributed by atoms with Gasteiger partial charge in [0.2, 0.25) is 5.91 Å². The number of carbonyl (C=O) groups excluding carboxylic acids is 1. The standard InChI is InChI=1S/C25H34ClN3O/c1-25(2,3)17-24(30)28-23(22-12-4-6-13-27-22)16-21-11-5-7-14-29(21)18-19-9-8-10-20(26)15-19/h4,6,8-10,12-13,15,21,23H,5,7,11,14,16-18H2,1-3H3,(H,28,30)/t21-,23-/m0/s1. The van der Waals surface area contributed by atoms with E-state index in [-0.39, 0.29) is 17.4 Å². The van der Waals surface area contributed by atoms with Gasteiger partial charge >= 0.3 is 0 Å². The number of benzene rings is 1. The smallest absolute Gasteiger partial charge is 0.221 e. The van der Waals surface area contributed by atoms with Crippen LogP contribution < -0.4 is 5.32 Å². The van der Waals surface area contributed by atoms with E-state index >= 15 is 0 Å². The fourth-order valence-electron chi connectivity index (χ4n) is 4.24. The Morgan fingerprint density at radius 2 is 2.07 bits per heavy atom. The number of nitrogens with zero attached hydrogens (tertiary/aromatic N) is 2. The number of halogens is 1. The Morgan fingerprint density at radius 3 is 2.77 bits per heavy atom. The molecule has 1 saturated heterocycles. The topological polar surface area (TPSA) is 45.2 Å². The lowest BCUT2D eigenvalue weighted by Crippen LogP contribution is -2.42. The summed E-state index contributed by atoms with van der Waals surface area (Å²) < 4.78 is 0. The fourth-order valence-corrected chi connectivity index (χ4v) is 4.45. The first kappa shape index (κ1) is 22.8. The molecule has 2 heterocycles. The molecule has 0 spiro atoms. The van der Waals surface area contributed by atoms with Crippen molar-refractivity contribution in [2.75, 3.05) is 6.54 Å². The first-order valence-electron chi connectivity index (χ1n) is 11.0. The number of rotatable bonds is 7. The Bertz CT molecular complexity index is 819. The van der Waals surface area contributed by atoms with Gasteiger partial charge in [0.25, 0.3) is 0 Å². The quantitative estimate of drug-likeness (QED) is 0.609. The van der Waals surface area contributed by atoms with Crippen LogP contribution in [-0.2, 0) is 11.3 Å². The van der Waals surface area contributed by atoms with Crippen molar-refractivity contribution in [3.63, 3.8) is 0 Å². The molecule has 3 rings (SSSR count). The number of aromatic nitrogens is 1. The second-order valence-corrected chi connectivity index (χ2v) is 10.0. The molecule has 2 atom stereocenters. The lowest BCUT2D eigenvalue weighted by atomic mass is 9.90. The van der Waals surface area contributed by atoms with Gasteiger partial charge in [-0.05, 0) is 61.1 Å². The van der Waals surface area contributed by atoms with Crippen LogP contribution in [0.1, 0.15) is 70.2 Å². The van der Waals surface area contributed by atoms with Gasteiger partial charge in [0.05, 0.1) is 11.7 Å². The normalized spacial score (nSPS) is 18.7. The molecule has 0 unspecified atom stereocenters. The highest BCUT2D eigenvalue weighted by Crippen LogP contribution is 2.29. The van der Waals surface area contributed by atoms with Gasteiger partial charge in [0, 0.05) is 30.2 Å². The van der Waals surface area contributed by atoms with Gasteiger partial charge in [-0.25, -0.2) is 0 Å². The van der Waals surface area contributed by atoms with Crippen LogP contribution in [0.2, 0.25) is 5.02 Å². The molecule has 1 N–H and O–H groups in total. The number of pyridine rings is 1. The average molecular weight is 428 g/mol. The zero-order valence-corrected chi connectivity index (χ0v) is 19.2. The summed E-state index contributed by atoms with van der Waals surface area (Å²) in [5.41, 5.74) is 2.14. The van der Waals surface area contributed by atoms with Gasteiger partial charge in [0.15, 0.2) is 0 Å². The first-order valence-corrected chi connectivity index (χ1v) is 11.4. The van der Waals surface area contributed by atoms with E-state index in [2.05, 4.69) is 48.1 Å². The van der Waals surface area contributed by atoms with Gasteiger partial charge in [-0.1, -0.05) is 57.0 Å². The average Bonchev–Trinajstić information content (AvgIpc) is 2.68. The molecule has 1 aromatic heterocycles. The monoisotopic (exact) mass is 427 g/mol. The van der Waals surface area contributed by atoms with Crippen LogP contribution >= 0.6 is 11.6 Å². The predicted octanol–water partition coefficient (Wildman–Crippen LogP) is 5.77. The molecule has 0 saturated carbocycles. The number of hydrogen-bond donors (Lipinski definition) is 1. The van der Waals surface area contributed by atoms with Crippen molar-refractivity contribution in [3.05, 3.63) is 64.9 Å². The summed E-state index contributed by atoms with van der Waals surface area (Å²) in [5, 5.41) is 4.06. The van der Waals surface area contributed by atoms with E-state index in [1.165, 1.54) is 18.4 Å². The maximum atomic E-state index is 12.7. The SMILES string of the molecule is CC(C)(C)CC(=O)N[C@@H](C[C@@H]1CCCCN1Cc1cccc(Cl)c1)c1ccccn1. The van der Waals surface area contributed by atoms with E-state index in [1.54, 1.807) is 0 Å². The predicted molar refractivity (Wildman–Crippen MR) is 123 cm³/mol. The van der Waals surface area contributed by atoms with E-state index in [9.17, 15) is 4.79 Å². The van der Waals surface area contributed by atoms with E-state index < -0.39 is 0 Å². The molecule has 0 radical (unpaired) electrons. The third-order valence-electron chi connectivity index (χ3n) is 5.60. The third-order valence-corrected chi connectivity index (χ3v) is 5.84. The molecule has 1 aromatic carbocycles. The maximum absolute atomic E-state index is 12.7. The van der Waals surface area contributed by atoms with Crippen LogP contribution in [0.3, 0.4) is 0 Å². The number of carbonyl (C=O) groups is 1. The molecule has 162 valence electrons. The minimum atomic E-state index is -0.0778. The highest BCUT2D eigenvalue weighted by molar-refractivity contribution is 6.30. The molecule has 1 amide bonds. The second kappa shape index (κ2) is 10.4. The highest BCUT2D eigenvalue weighted by Gasteiger charge is 2.28. The van der Waals surface area contributed by atoms with Crippen LogP contribution in [-0.4, -0.2) is 28.4 Å². The van der Waals surface area contributed by atoms with Crippen LogP contribution in [0.4, 0.5) is 0 Å². The van der Waals surface area contributed by atoms with E-state index in [4.69, 9.17) is 11.6 Å². The maximum Gasteiger partial charge on any atom is 0.221 e. The molecular weight excluding hydrogens is 394 g/mol. The van der Waals surface area contributed by atoms with Crippen molar-refractivity contribution >= 4 is 17.5 Å². The first-order chi connectivity index (χ1) is 14.3. The minimum absolute atomic E-state index is 0.0395. The zero-order valence-electron chi connectivity index (χ0n) is 18.4. The molecule has 1 aliphatic heterocycles. The molecule has 0 bridgehead atoms. The Labute approximate surface area is 186 Å². The summed E-state index contributed by atoms with van der Waals surface area (Å²) in [6.07, 6.45) is 6.76. The van der Waals surface area contributed by atoms with Crippen LogP contribution in [0, 0.1) is 5.41 Å². The summed E-state index contributed by atoms with van der Waals surface area (Å²) in [7, 11) is 0. The van der Waals surface area contributed by atoms with Gasteiger partial charge < -0.3 is 5.32 Å². The Morgan fingerprint density at radius 1 is 1.23 bits per heavy atom. The van der Waals surface area contributed by atoms with E-state index in [0.29, 0.717) is 12.5 Å². The molecule has 1 fully saturated rings.